The van der Waals surface area contributed by atoms with Gasteiger partial charge in [-0.3, -0.25) is 9.80 Å². The molecule has 0 aliphatic carbocycles. The average Bonchev–Trinajstić information content (AvgIpc) is 2.70. The second-order valence-electron chi connectivity index (χ2n) is 8.27. The average molecular weight is 381 g/mol. The van der Waals surface area contributed by atoms with Crippen molar-refractivity contribution in [1.82, 2.24) is 9.80 Å². The van der Waals surface area contributed by atoms with Gasteiger partial charge < -0.3 is 9.47 Å². The van der Waals surface area contributed by atoms with Crippen LogP contribution in [0, 0.1) is 0 Å². The molecule has 0 spiro atoms. The second-order valence-corrected chi connectivity index (χ2v) is 8.27. The van der Waals surface area contributed by atoms with Crippen molar-refractivity contribution >= 4 is 0 Å². The fraction of sp³-hybridized carbons (Fsp3) is 0.500. The zero-order valence-corrected chi connectivity index (χ0v) is 17.1. The van der Waals surface area contributed by atoms with E-state index in [2.05, 4.69) is 72.2 Å². The van der Waals surface area contributed by atoms with Gasteiger partial charge in [-0.05, 0) is 56.0 Å². The van der Waals surface area contributed by atoms with Crippen LogP contribution in [0.15, 0.2) is 48.5 Å². The van der Waals surface area contributed by atoms with Gasteiger partial charge in [-0.15, -0.1) is 0 Å². The van der Waals surface area contributed by atoms with Gasteiger partial charge in [0.25, 0.3) is 0 Å². The van der Waals surface area contributed by atoms with E-state index in [-0.39, 0.29) is 6.10 Å². The van der Waals surface area contributed by atoms with E-state index in [4.69, 9.17) is 9.47 Å². The molecule has 2 heterocycles. The van der Waals surface area contributed by atoms with Crippen LogP contribution in [0.25, 0.3) is 0 Å². The van der Waals surface area contributed by atoms with E-state index in [0.29, 0.717) is 6.10 Å². The Kier molecular flexibility index (Phi) is 6.18. The Morgan fingerprint density at radius 2 is 1.68 bits per heavy atom. The largest absolute Gasteiger partial charge is 0.491 e. The minimum absolute atomic E-state index is 0.223. The number of para-hydroxylation sites is 1. The quantitative estimate of drug-likeness (QED) is 0.757. The summed E-state index contributed by atoms with van der Waals surface area (Å²) in [5.74, 6) is 2.04. The van der Waals surface area contributed by atoms with Gasteiger partial charge in [0.2, 0.25) is 0 Å². The molecule has 4 rings (SSSR count). The van der Waals surface area contributed by atoms with E-state index in [0.717, 1.165) is 63.6 Å². The molecule has 0 aromatic heterocycles. The molecular weight excluding hydrogens is 348 g/mol. The molecule has 0 amide bonds. The Morgan fingerprint density at radius 1 is 0.964 bits per heavy atom. The van der Waals surface area contributed by atoms with Crippen LogP contribution in [0.5, 0.6) is 11.5 Å². The number of hydrogen-bond acceptors (Lipinski definition) is 4. The summed E-state index contributed by atoms with van der Waals surface area (Å²) >= 11 is 0. The number of nitrogens with zero attached hydrogens (tertiary/aromatic N) is 2. The normalized spacial score (nSPS) is 20.6. The maximum Gasteiger partial charge on any atom is 0.122 e. The SMILES string of the molecule is CC(C)Oc1ccc(CN2CCN(CC3CCc4ccccc4O3)CC2)cc1. The molecule has 2 aliphatic rings. The van der Waals surface area contributed by atoms with Crippen LogP contribution in [0.2, 0.25) is 0 Å². The molecule has 0 radical (unpaired) electrons. The van der Waals surface area contributed by atoms with Gasteiger partial charge in [0.1, 0.15) is 17.6 Å². The standard InChI is InChI=1S/C24H32N2O2/c1-19(2)27-22-10-7-20(8-11-22)17-25-13-15-26(16-14-25)18-23-12-9-21-5-3-4-6-24(21)28-23/h3-8,10-11,19,23H,9,12-18H2,1-2H3. The molecule has 0 N–H and O–H groups in total. The number of ether oxygens (including phenoxy) is 2. The molecule has 2 aliphatic heterocycles. The first-order valence-corrected chi connectivity index (χ1v) is 10.6. The Balaban J connectivity index is 1.22. The summed E-state index contributed by atoms with van der Waals surface area (Å²) in [6.45, 7) is 10.7. The smallest absolute Gasteiger partial charge is 0.122 e. The minimum Gasteiger partial charge on any atom is -0.491 e. The maximum atomic E-state index is 6.23. The molecule has 1 saturated heterocycles. The van der Waals surface area contributed by atoms with Crippen molar-refractivity contribution in [2.24, 2.45) is 0 Å². The van der Waals surface area contributed by atoms with Crippen molar-refractivity contribution in [3.63, 3.8) is 0 Å². The third-order valence-electron chi connectivity index (χ3n) is 5.63. The number of rotatable bonds is 6. The molecule has 150 valence electrons. The van der Waals surface area contributed by atoms with Gasteiger partial charge in [-0.25, -0.2) is 0 Å². The first-order chi connectivity index (χ1) is 13.7. The summed E-state index contributed by atoms with van der Waals surface area (Å²) in [6, 6.07) is 17.0. The second kappa shape index (κ2) is 8.97. The van der Waals surface area contributed by atoms with Gasteiger partial charge >= 0.3 is 0 Å². The van der Waals surface area contributed by atoms with E-state index < -0.39 is 0 Å². The maximum absolute atomic E-state index is 6.23. The monoisotopic (exact) mass is 380 g/mol. The summed E-state index contributed by atoms with van der Waals surface area (Å²) in [5.41, 5.74) is 2.71. The molecule has 28 heavy (non-hydrogen) atoms. The molecule has 1 atom stereocenters. The highest BCUT2D eigenvalue weighted by molar-refractivity contribution is 5.35. The summed E-state index contributed by atoms with van der Waals surface area (Å²) < 4.78 is 12.0. The highest BCUT2D eigenvalue weighted by Crippen LogP contribution is 2.27. The van der Waals surface area contributed by atoms with Crippen molar-refractivity contribution in [3.8, 4) is 11.5 Å². The lowest BCUT2D eigenvalue weighted by Crippen LogP contribution is -2.49. The van der Waals surface area contributed by atoms with Gasteiger partial charge in [-0.1, -0.05) is 30.3 Å². The third-order valence-corrected chi connectivity index (χ3v) is 5.63. The number of benzene rings is 2. The number of fused-ring (bicyclic) bond motifs is 1. The first kappa shape index (κ1) is 19.3. The van der Waals surface area contributed by atoms with Crippen LogP contribution in [0.1, 0.15) is 31.4 Å². The molecule has 4 nitrogen and oxygen atoms in total. The van der Waals surface area contributed by atoms with Gasteiger partial charge in [0, 0.05) is 39.3 Å². The van der Waals surface area contributed by atoms with E-state index in [1.807, 2.05) is 0 Å². The first-order valence-electron chi connectivity index (χ1n) is 10.6. The lowest BCUT2D eigenvalue weighted by atomic mass is 10.0. The number of piperazine rings is 1. The molecule has 4 heteroatoms. The topological polar surface area (TPSA) is 24.9 Å². The van der Waals surface area contributed by atoms with Crippen molar-refractivity contribution in [2.75, 3.05) is 32.7 Å². The lowest BCUT2D eigenvalue weighted by Gasteiger charge is -2.37. The molecule has 2 aromatic rings. The van der Waals surface area contributed by atoms with E-state index >= 15 is 0 Å². The van der Waals surface area contributed by atoms with Crippen LogP contribution in [-0.2, 0) is 13.0 Å². The zero-order chi connectivity index (χ0) is 19.3. The van der Waals surface area contributed by atoms with Crippen LogP contribution in [0.3, 0.4) is 0 Å². The summed E-state index contributed by atoms with van der Waals surface area (Å²) in [5, 5.41) is 0. The number of aryl methyl sites for hydroxylation is 1. The van der Waals surface area contributed by atoms with Crippen molar-refractivity contribution < 1.29 is 9.47 Å². The van der Waals surface area contributed by atoms with Crippen LogP contribution >= 0.6 is 0 Å². The lowest BCUT2D eigenvalue weighted by molar-refractivity contribution is 0.0722. The summed E-state index contributed by atoms with van der Waals surface area (Å²) in [4.78, 5) is 5.11. The van der Waals surface area contributed by atoms with E-state index in [1.54, 1.807) is 0 Å². The highest BCUT2D eigenvalue weighted by Gasteiger charge is 2.24. The van der Waals surface area contributed by atoms with Gasteiger partial charge in [-0.2, -0.15) is 0 Å². The molecule has 0 bridgehead atoms. The Bertz CT molecular complexity index is 751. The molecule has 0 saturated carbocycles. The van der Waals surface area contributed by atoms with E-state index in [9.17, 15) is 0 Å². The summed E-state index contributed by atoms with van der Waals surface area (Å²) in [6.07, 6.45) is 2.81. The number of hydrogen-bond donors (Lipinski definition) is 0. The van der Waals surface area contributed by atoms with Crippen molar-refractivity contribution in [3.05, 3.63) is 59.7 Å². The minimum atomic E-state index is 0.223. The van der Waals surface area contributed by atoms with Crippen LogP contribution < -0.4 is 9.47 Å². The fourth-order valence-corrected chi connectivity index (χ4v) is 4.13. The predicted molar refractivity (Wildman–Crippen MR) is 113 cm³/mol. The molecule has 1 unspecified atom stereocenters. The Labute approximate surface area is 169 Å². The van der Waals surface area contributed by atoms with Gasteiger partial charge in [0.15, 0.2) is 0 Å². The van der Waals surface area contributed by atoms with Crippen LogP contribution in [-0.4, -0.2) is 54.7 Å². The Hall–Kier alpha value is -2.04. The molecule has 2 aromatic carbocycles. The van der Waals surface area contributed by atoms with Crippen LogP contribution in [0.4, 0.5) is 0 Å². The highest BCUT2D eigenvalue weighted by atomic mass is 16.5. The summed E-state index contributed by atoms with van der Waals surface area (Å²) in [7, 11) is 0. The third kappa shape index (κ3) is 5.06. The predicted octanol–water partition coefficient (Wildman–Crippen LogP) is 3.99. The molecular formula is C24H32N2O2. The van der Waals surface area contributed by atoms with E-state index in [1.165, 1.54) is 11.1 Å². The fourth-order valence-electron chi connectivity index (χ4n) is 4.13. The Morgan fingerprint density at radius 3 is 2.43 bits per heavy atom. The van der Waals surface area contributed by atoms with Crippen molar-refractivity contribution in [1.29, 1.82) is 0 Å². The van der Waals surface area contributed by atoms with Crippen molar-refractivity contribution in [2.45, 2.75) is 45.4 Å². The zero-order valence-electron chi connectivity index (χ0n) is 17.1. The van der Waals surface area contributed by atoms with Gasteiger partial charge in [0.05, 0.1) is 6.10 Å². The molecule has 1 fully saturated rings.